The Morgan fingerprint density at radius 3 is 2.95 bits per heavy atom. The fourth-order valence-corrected chi connectivity index (χ4v) is 2.89. The Morgan fingerprint density at radius 1 is 1.37 bits per heavy atom. The lowest BCUT2D eigenvalue weighted by molar-refractivity contribution is 0.124. The van der Waals surface area contributed by atoms with Gasteiger partial charge in [-0.3, -0.25) is 4.90 Å². The number of rotatable bonds is 3. The van der Waals surface area contributed by atoms with Gasteiger partial charge in [0, 0.05) is 18.7 Å². The summed E-state index contributed by atoms with van der Waals surface area (Å²) < 4.78 is 10.8. The molecule has 2 atom stereocenters. The molecule has 2 saturated heterocycles. The molecule has 0 saturated carbocycles. The van der Waals surface area contributed by atoms with Gasteiger partial charge in [-0.1, -0.05) is 18.2 Å². The molecule has 5 heteroatoms. The summed E-state index contributed by atoms with van der Waals surface area (Å²) in [5.74, 6) is 0.810. The highest BCUT2D eigenvalue weighted by atomic mass is 16.6. The summed E-state index contributed by atoms with van der Waals surface area (Å²) in [6.45, 7) is 2.22. The van der Waals surface area contributed by atoms with E-state index in [1.165, 1.54) is 0 Å². The van der Waals surface area contributed by atoms with Crippen molar-refractivity contribution in [1.29, 1.82) is 0 Å². The molecule has 2 aliphatic rings. The van der Waals surface area contributed by atoms with E-state index in [-0.39, 0.29) is 18.2 Å². The van der Waals surface area contributed by atoms with E-state index in [1.54, 1.807) is 7.11 Å². The van der Waals surface area contributed by atoms with E-state index in [2.05, 4.69) is 4.90 Å². The Morgan fingerprint density at radius 2 is 2.16 bits per heavy atom. The van der Waals surface area contributed by atoms with Crippen molar-refractivity contribution in [2.24, 2.45) is 0 Å². The molecule has 102 valence electrons. The zero-order chi connectivity index (χ0) is 13.4. The Balaban J connectivity index is 1.80. The van der Waals surface area contributed by atoms with Crippen LogP contribution in [-0.2, 0) is 11.3 Å². The third kappa shape index (κ3) is 2.14. The van der Waals surface area contributed by atoms with Gasteiger partial charge in [-0.2, -0.15) is 0 Å². The SMILES string of the molecule is COc1ccccc1CN1C(=O)O[C@@H]2CN(C)C[C@@H]21. The number of amides is 1. The van der Waals surface area contributed by atoms with Gasteiger partial charge in [0.15, 0.2) is 0 Å². The zero-order valence-electron chi connectivity index (χ0n) is 11.2. The third-order valence-electron chi connectivity index (χ3n) is 3.84. The molecule has 0 spiro atoms. The molecular weight excluding hydrogens is 244 g/mol. The molecule has 0 radical (unpaired) electrons. The molecule has 0 aromatic heterocycles. The summed E-state index contributed by atoms with van der Waals surface area (Å²) in [6.07, 6.45) is -0.207. The summed E-state index contributed by atoms with van der Waals surface area (Å²) in [5, 5.41) is 0. The van der Waals surface area contributed by atoms with Crippen molar-refractivity contribution >= 4 is 6.09 Å². The Hall–Kier alpha value is -1.75. The highest BCUT2D eigenvalue weighted by Crippen LogP contribution is 2.29. The van der Waals surface area contributed by atoms with E-state index in [9.17, 15) is 4.79 Å². The second kappa shape index (κ2) is 4.74. The number of likely N-dealkylation sites (N-methyl/N-ethyl adjacent to an activating group) is 1. The van der Waals surface area contributed by atoms with Crippen molar-refractivity contribution in [3.63, 3.8) is 0 Å². The monoisotopic (exact) mass is 262 g/mol. The minimum absolute atomic E-state index is 0.00667. The minimum Gasteiger partial charge on any atom is -0.496 e. The van der Waals surface area contributed by atoms with Crippen molar-refractivity contribution in [2.75, 3.05) is 27.2 Å². The van der Waals surface area contributed by atoms with Crippen LogP contribution in [-0.4, -0.2) is 55.3 Å². The van der Waals surface area contributed by atoms with Crippen molar-refractivity contribution in [1.82, 2.24) is 9.80 Å². The van der Waals surface area contributed by atoms with Crippen LogP contribution in [0.3, 0.4) is 0 Å². The second-order valence-corrected chi connectivity index (χ2v) is 5.15. The van der Waals surface area contributed by atoms with Crippen LogP contribution in [0.2, 0.25) is 0 Å². The van der Waals surface area contributed by atoms with Crippen LogP contribution in [0.4, 0.5) is 4.79 Å². The van der Waals surface area contributed by atoms with E-state index < -0.39 is 0 Å². The molecule has 1 aromatic rings. The lowest BCUT2D eigenvalue weighted by Gasteiger charge is -2.21. The topological polar surface area (TPSA) is 42.0 Å². The third-order valence-corrected chi connectivity index (χ3v) is 3.84. The van der Waals surface area contributed by atoms with Gasteiger partial charge < -0.3 is 14.4 Å². The number of fused-ring (bicyclic) bond motifs is 1. The first-order valence-corrected chi connectivity index (χ1v) is 6.46. The molecule has 19 heavy (non-hydrogen) atoms. The normalized spacial score (nSPS) is 26.4. The molecule has 1 aromatic carbocycles. The van der Waals surface area contributed by atoms with Gasteiger partial charge in [0.1, 0.15) is 11.9 Å². The van der Waals surface area contributed by atoms with Crippen LogP contribution in [0.1, 0.15) is 5.56 Å². The number of benzene rings is 1. The van der Waals surface area contributed by atoms with Gasteiger partial charge in [-0.15, -0.1) is 0 Å². The van der Waals surface area contributed by atoms with Gasteiger partial charge >= 0.3 is 6.09 Å². The van der Waals surface area contributed by atoms with E-state index in [4.69, 9.17) is 9.47 Å². The van der Waals surface area contributed by atoms with Gasteiger partial charge in [0.2, 0.25) is 0 Å². The van der Waals surface area contributed by atoms with Gasteiger partial charge in [-0.05, 0) is 13.1 Å². The van der Waals surface area contributed by atoms with Crippen molar-refractivity contribution in [3.05, 3.63) is 29.8 Å². The molecule has 2 aliphatic heterocycles. The number of para-hydroxylation sites is 1. The van der Waals surface area contributed by atoms with E-state index in [1.807, 2.05) is 36.2 Å². The molecule has 1 amide bonds. The smallest absolute Gasteiger partial charge is 0.410 e. The summed E-state index contributed by atoms with van der Waals surface area (Å²) in [4.78, 5) is 15.9. The molecule has 5 nitrogen and oxygen atoms in total. The predicted octanol–water partition coefficient (Wildman–Crippen LogP) is 1.33. The first-order chi connectivity index (χ1) is 9.19. The molecule has 2 heterocycles. The number of carbonyl (C=O) groups is 1. The molecular formula is C14H18N2O3. The largest absolute Gasteiger partial charge is 0.496 e. The maximum atomic E-state index is 11.9. The number of ether oxygens (including phenoxy) is 2. The molecule has 0 N–H and O–H groups in total. The Bertz CT molecular complexity index is 491. The fraction of sp³-hybridized carbons (Fsp3) is 0.500. The maximum Gasteiger partial charge on any atom is 0.410 e. The van der Waals surface area contributed by atoms with Crippen LogP contribution in [0.15, 0.2) is 24.3 Å². The number of likely N-dealkylation sites (tertiary alicyclic amines) is 1. The quantitative estimate of drug-likeness (QED) is 0.824. The van der Waals surface area contributed by atoms with E-state index in [0.717, 1.165) is 24.4 Å². The maximum absolute atomic E-state index is 11.9. The van der Waals surface area contributed by atoms with Crippen molar-refractivity contribution < 1.29 is 14.3 Å². The van der Waals surface area contributed by atoms with Crippen LogP contribution in [0.25, 0.3) is 0 Å². The number of methoxy groups -OCH3 is 1. The summed E-state index contributed by atoms with van der Waals surface area (Å²) >= 11 is 0. The molecule has 0 bridgehead atoms. The van der Waals surface area contributed by atoms with E-state index in [0.29, 0.717) is 6.54 Å². The summed E-state index contributed by atoms with van der Waals surface area (Å²) in [7, 11) is 3.70. The molecule has 2 fully saturated rings. The van der Waals surface area contributed by atoms with Crippen molar-refractivity contribution in [3.8, 4) is 5.75 Å². The first kappa shape index (κ1) is 12.3. The van der Waals surface area contributed by atoms with Crippen molar-refractivity contribution in [2.45, 2.75) is 18.7 Å². The number of hydrogen-bond acceptors (Lipinski definition) is 4. The van der Waals surface area contributed by atoms with Gasteiger partial charge in [0.25, 0.3) is 0 Å². The minimum atomic E-state index is -0.214. The molecule has 0 unspecified atom stereocenters. The van der Waals surface area contributed by atoms with Crippen LogP contribution in [0, 0.1) is 0 Å². The average Bonchev–Trinajstić information content (AvgIpc) is 2.88. The lowest BCUT2D eigenvalue weighted by Crippen LogP contribution is -2.37. The number of nitrogens with zero attached hydrogens (tertiary/aromatic N) is 2. The predicted molar refractivity (Wildman–Crippen MR) is 70.1 cm³/mol. The Kier molecular flexibility index (Phi) is 3.06. The van der Waals surface area contributed by atoms with Gasteiger partial charge in [-0.25, -0.2) is 4.79 Å². The van der Waals surface area contributed by atoms with Crippen LogP contribution >= 0.6 is 0 Å². The Labute approximate surface area is 112 Å². The lowest BCUT2D eigenvalue weighted by atomic mass is 10.1. The highest BCUT2D eigenvalue weighted by Gasteiger charge is 2.46. The number of hydrogen-bond donors (Lipinski definition) is 0. The van der Waals surface area contributed by atoms with Gasteiger partial charge in [0.05, 0.1) is 19.7 Å². The molecule has 0 aliphatic carbocycles. The average molecular weight is 262 g/mol. The highest BCUT2D eigenvalue weighted by molar-refractivity contribution is 5.71. The van der Waals surface area contributed by atoms with Crippen LogP contribution < -0.4 is 4.74 Å². The first-order valence-electron chi connectivity index (χ1n) is 6.46. The fourth-order valence-electron chi connectivity index (χ4n) is 2.89. The second-order valence-electron chi connectivity index (χ2n) is 5.15. The standard InChI is InChI=1S/C14H18N2O3/c1-15-8-11-13(9-15)19-14(17)16(11)7-10-5-3-4-6-12(10)18-2/h3-6,11,13H,7-9H2,1-2H3/t11-,13+/m0/s1. The van der Waals surface area contributed by atoms with Crippen LogP contribution in [0.5, 0.6) is 5.75 Å². The summed E-state index contributed by atoms with van der Waals surface area (Å²) in [5.41, 5.74) is 1.01. The number of carbonyl (C=O) groups excluding carboxylic acids is 1. The zero-order valence-corrected chi connectivity index (χ0v) is 11.2. The molecule has 3 rings (SSSR count). The van der Waals surface area contributed by atoms with E-state index >= 15 is 0 Å². The summed E-state index contributed by atoms with van der Waals surface area (Å²) in [6, 6.07) is 7.93.